The third-order valence-corrected chi connectivity index (χ3v) is 2.80. The molecule has 0 aromatic heterocycles. The van der Waals surface area contributed by atoms with E-state index in [4.69, 9.17) is 4.74 Å². The van der Waals surface area contributed by atoms with E-state index < -0.39 is 0 Å². The molecule has 1 heterocycles. The van der Waals surface area contributed by atoms with Crippen LogP contribution in [0.3, 0.4) is 0 Å². The molecule has 1 rings (SSSR count). The summed E-state index contributed by atoms with van der Waals surface area (Å²) in [5.74, 6) is 1.22. The number of ether oxygens (including phenoxy) is 1. The van der Waals surface area contributed by atoms with Gasteiger partial charge in [0.2, 0.25) is 0 Å². The summed E-state index contributed by atoms with van der Waals surface area (Å²) >= 11 is 1.90. The summed E-state index contributed by atoms with van der Waals surface area (Å²) in [6.07, 6.45) is 5.84. The Bertz CT molecular complexity index is 103. The van der Waals surface area contributed by atoms with E-state index in [0.29, 0.717) is 6.04 Å². The lowest BCUT2D eigenvalue weighted by molar-refractivity contribution is 0.142. The van der Waals surface area contributed by atoms with Gasteiger partial charge in [0.15, 0.2) is 0 Å². The van der Waals surface area contributed by atoms with Crippen LogP contribution in [-0.2, 0) is 4.74 Å². The minimum atomic E-state index is 0.708. The van der Waals surface area contributed by atoms with Gasteiger partial charge in [0.05, 0.1) is 0 Å². The molecule has 0 amide bonds. The maximum atomic E-state index is 5.39. The molecule has 1 aliphatic rings. The van der Waals surface area contributed by atoms with Crippen LogP contribution in [0.2, 0.25) is 0 Å². The number of nitrogens with one attached hydrogen (secondary N) is 1. The summed E-state index contributed by atoms with van der Waals surface area (Å²) in [5, 5.41) is 3.56. The first-order valence-corrected chi connectivity index (χ1v) is 6.13. The van der Waals surface area contributed by atoms with Gasteiger partial charge in [0.1, 0.15) is 0 Å². The molecule has 0 radical (unpaired) electrons. The maximum Gasteiger partial charge on any atom is 0.0480 e. The van der Waals surface area contributed by atoms with Gasteiger partial charge < -0.3 is 10.1 Å². The van der Waals surface area contributed by atoms with Gasteiger partial charge in [0.25, 0.3) is 0 Å². The Morgan fingerprint density at radius 2 is 2.33 bits per heavy atom. The Morgan fingerprint density at radius 3 is 3.17 bits per heavy atom. The van der Waals surface area contributed by atoms with Crippen LogP contribution in [0.25, 0.3) is 0 Å². The van der Waals surface area contributed by atoms with Crippen LogP contribution in [0, 0.1) is 0 Å². The normalized spacial score (nSPS) is 25.2. The van der Waals surface area contributed by atoms with Crippen molar-refractivity contribution >= 4 is 11.8 Å². The molecule has 1 saturated heterocycles. The monoisotopic (exact) mass is 189 g/mol. The number of hydrogen-bond donors (Lipinski definition) is 1. The maximum absolute atomic E-state index is 5.39. The van der Waals surface area contributed by atoms with Gasteiger partial charge in [0, 0.05) is 31.6 Å². The molecule has 0 bridgehead atoms. The lowest BCUT2D eigenvalue weighted by Crippen LogP contribution is -2.31. The Labute approximate surface area is 79.4 Å². The quantitative estimate of drug-likeness (QED) is 0.677. The van der Waals surface area contributed by atoms with Gasteiger partial charge in [-0.2, -0.15) is 11.8 Å². The Hall–Kier alpha value is 0.270. The molecule has 0 aromatic rings. The van der Waals surface area contributed by atoms with Crippen molar-refractivity contribution in [2.75, 3.05) is 31.8 Å². The van der Waals surface area contributed by atoms with Crippen molar-refractivity contribution in [2.45, 2.75) is 25.3 Å². The van der Waals surface area contributed by atoms with Gasteiger partial charge in [-0.15, -0.1) is 0 Å². The standard InChI is InChI=1S/C9H19NOS/c1-12-8-5-10-9-3-2-6-11-7-4-9/h9-10H,2-8H2,1H3. The molecule has 0 saturated carbocycles. The first kappa shape index (κ1) is 10.4. The van der Waals surface area contributed by atoms with Crippen molar-refractivity contribution in [1.29, 1.82) is 0 Å². The number of rotatable bonds is 4. The van der Waals surface area contributed by atoms with Crippen molar-refractivity contribution in [3.63, 3.8) is 0 Å². The lowest BCUT2D eigenvalue weighted by atomic mass is 10.1. The van der Waals surface area contributed by atoms with Gasteiger partial charge in [-0.3, -0.25) is 0 Å². The summed E-state index contributed by atoms with van der Waals surface area (Å²) in [6.45, 7) is 3.05. The fourth-order valence-electron chi connectivity index (χ4n) is 1.47. The summed E-state index contributed by atoms with van der Waals surface area (Å²) in [6, 6.07) is 0.708. The first-order valence-electron chi connectivity index (χ1n) is 4.73. The molecule has 0 aliphatic carbocycles. The van der Waals surface area contributed by atoms with E-state index in [-0.39, 0.29) is 0 Å². The van der Waals surface area contributed by atoms with Gasteiger partial charge in [-0.1, -0.05) is 0 Å². The zero-order valence-corrected chi connectivity index (χ0v) is 8.66. The molecule has 3 heteroatoms. The minimum Gasteiger partial charge on any atom is -0.381 e. The number of thioether (sulfide) groups is 1. The predicted octanol–water partition coefficient (Wildman–Crippen LogP) is 1.51. The lowest BCUT2D eigenvalue weighted by Gasteiger charge is -2.14. The summed E-state index contributed by atoms with van der Waals surface area (Å²) < 4.78 is 5.39. The van der Waals surface area contributed by atoms with Crippen LogP contribution in [-0.4, -0.2) is 37.8 Å². The second-order valence-electron chi connectivity index (χ2n) is 3.19. The molecule has 1 atom stereocenters. The Kier molecular flexibility index (Phi) is 5.82. The average Bonchev–Trinajstić information content (AvgIpc) is 2.33. The smallest absolute Gasteiger partial charge is 0.0480 e. The Morgan fingerprint density at radius 1 is 1.42 bits per heavy atom. The fraction of sp³-hybridized carbons (Fsp3) is 1.00. The SMILES string of the molecule is CSCCNC1CCCOCC1. The topological polar surface area (TPSA) is 21.3 Å². The van der Waals surface area contributed by atoms with Crippen LogP contribution < -0.4 is 5.32 Å². The van der Waals surface area contributed by atoms with Crippen molar-refractivity contribution in [1.82, 2.24) is 5.32 Å². The van der Waals surface area contributed by atoms with E-state index >= 15 is 0 Å². The van der Waals surface area contributed by atoms with Crippen LogP contribution in [0.15, 0.2) is 0 Å². The Balaban J connectivity index is 2.04. The van der Waals surface area contributed by atoms with E-state index in [0.717, 1.165) is 19.8 Å². The van der Waals surface area contributed by atoms with E-state index in [9.17, 15) is 0 Å². The highest BCUT2D eigenvalue weighted by Crippen LogP contribution is 2.07. The largest absolute Gasteiger partial charge is 0.381 e. The zero-order chi connectivity index (χ0) is 8.65. The van der Waals surface area contributed by atoms with Crippen molar-refractivity contribution in [2.24, 2.45) is 0 Å². The highest BCUT2D eigenvalue weighted by Gasteiger charge is 2.10. The van der Waals surface area contributed by atoms with Crippen LogP contribution in [0.5, 0.6) is 0 Å². The molecule has 2 nitrogen and oxygen atoms in total. The van der Waals surface area contributed by atoms with Gasteiger partial charge in [-0.25, -0.2) is 0 Å². The molecule has 1 aliphatic heterocycles. The van der Waals surface area contributed by atoms with E-state index in [1.807, 2.05) is 11.8 Å². The van der Waals surface area contributed by atoms with E-state index in [2.05, 4.69) is 11.6 Å². The minimum absolute atomic E-state index is 0.708. The van der Waals surface area contributed by atoms with Crippen molar-refractivity contribution in [3.05, 3.63) is 0 Å². The molecule has 12 heavy (non-hydrogen) atoms. The molecule has 72 valence electrons. The van der Waals surface area contributed by atoms with Gasteiger partial charge >= 0.3 is 0 Å². The number of hydrogen-bond acceptors (Lipinski definition) is 3. The second kappa shape index (κ2) is 6.75. The highest BCUT2D eigenvalue weighted by atomic mass is 32.2. The van der Waals surface area contributed by atoms with Crippen molar-refractivity contribution < 1.29 is 4.74 Å². The van der Waals surface area contributed by atoms with Crippen LogP contribution >= 0.6 is 11.8 Å². The van der Waals surface area contributed by atoms with Crippen LogP contribution in [0.4, 0.5) is 0 Å². The summed E-state index contributed by atoms with van der Waals surface area (Å²) in [5.41, 5.74) is 0. The first-order chi connectivity index (χ1) is 5.93. The molecule has 0 aromatic carbocycles. The highest BCUT2D eigenvalue weighted by molar-refractivity contribution is 7.98. The molecule has 1 fully saturated rings. The summed E-state index contributed by atoms with van der Waals surface area (Å²) in [7, 11) is 0. The third kappa shape index (κ3) is 4.33. The molecule has 1 unspecified atom stereocenters. The fourth-order valence-corrected chi connectivity index (χ4v) is 1.79. The van der Waals surface area contributed by atoms with Crippen LogP contribution in [0.1, 0.15) is 19.3 Å². The average molecular weight is 189 g/mol. The predicted molar refractivity (Wildman–Crippen MR) is 54.8 cm³/mol. The van der Waals surface area contributed by atoms with E-state index in [1.54, 1.807) is 0 Å². The van der Waals surface area contributed by atoms with Gasteiger partial charge in [-0.05, 0) is 25.5 Å². The summed E-state index contributed by atoms with van der Waals surface area (Å²) in [4.78, 5) is 0. The molecule has 1 N–H and O–H groups in total. The molecular weight excluding hydrogens is 170 g/mol. The molecule has 0 spiro atoms. The zero-order valence-electron chi connectivity index (χ0n) is 7.84. The van der Waals surface area contributed by atoms with Crippen molar-refractivity contribution in [3.8, 4) is 0 Å². The third-order valence-electron chi connectivity index (χ3n) is 2.19. The van der Waals surface area contributed by atoms with E-state index in [1.165, 1.54) is 25.0 Å². The second-order valence-corrected chi connectivity index (χ2v) is 4.17. The molecular formula is C9H19NOS.